The Hall–Kier alpha value is -1.35. The highest BCUT2D eigenvalue weighted by atomic mass is 16.5. The molecular formula is C14H17NO2. The van der Waals surface area contributed by atoms with Gasteiger partial charge in [0.1, 0.15) is 5.75 Å². The zero-order valence-corrected chi connectivity index (χ0v) is 9.87. The molecule has 1 aliphatic heterocycles. The zero-order chi connectivity index (χ0) is 11.9. The van der Waals surface area contributed by atoms with Crippen LogP contribution in [0.2, 0.25) is 0 Å². The van der Waals surface area contributed by atoms with Crippen LogP contribution in [0.1, 0.15) is 30.4 Å². The predicted molar refractivity (Wildman–Crippen MR) is 65.1 cm³/mol. The van der Waals surface area contributed by atoms with Gasteiger partial charge in [0, 0.05) is 12.8 Å². The number of ketones is 1. The maximum atomic E-state index is 11.8. The number of aryl methyl sites for hydroxylation is 1. The fourth-order valence-electron chi connectivity index (χ4n) is 2.32. The maximum absolute atomic E-state index is 11.8. The van der Waals surface area contributed by atoms with E-state index in [4.69, 9.17) is 10.5 Å². The van der Waals surface area contributed by atoms with Crippen molar-refractivity contribution in [2.75, 3.05) is 6.61 Å². The van der Waals surface area contributed by atoms with E-state index in [-0.39, 0.29) is 5.78 Å². The quantitative estimate of drug-likeness (QED) is 0.856. The first-order valence-electron chi connectivity index (χ1n) is 6.24. The van der Waals surface area contributed by atoms with Gasteiger partial charge in [-0.3, -0.25) is 4.79 Å². The van der Waals surface area contributed by atoms with E-state index in [9.17, 15) is 4.79 Å². The Morgan fingerprint density at radius 3 is 3.00 bits per heavy atom. The smallest absolute Gasteiger partial charge is 0.152 e. The number of carbonyl (C=O) groups is 1. The van der Waals surface area contributed by atoms with Gasteiger partial charge < -0.3 is 10.5 Å². The monoisotopic (exact) mass is 231 g/mol. The summed E-state index contributed by atoms with van der Waals surface area (Å²) < 4.78 is 5.46. The number of fused-ring (bicyclic) bond motifs is 1. The lowest BCUT2D eigenvalue weighted by Gasteiger charge is -2.08. The van der Waals surface area contributed by atoms with Crippen LogP contribution in [0.3, 0.4) is 0 Å². The Kier molecular flexibility index (Phi) is 2.44. The molecule has 1 fully saturated rings. The highest BCUT2D eigenvalue weighted by Gasteiger charge is 2.44. The maximum Gasteiger partial charge on any atom is 0.152 e. The summed E-state index contributed by atoms with van der Waals surface area (Å²) in [5.41, 5.74) is 7.88. The van der Waals surface area contributed by atoms with Crippen molar-refractivity contribution in [1.82, 2.24) is 0 Å². The van der Waals surface area contributed by atoms with E-state index >= 15 is 0 Å². The first-order valence-corrected chi connectivity index (χ1v) is 6.24. The lowest BCUT2D eigenvalue weighted by Crippen LogP contribution is -2.32. The molecule has 1 aromatic rings. The average Bonchev–Trinajstić information content (AvgIpc) is 2.93. The van der Waals surface area contributed by atoms with Gasteiger partial charge in [0.15, 0.2) is 5.78 Å². The highest BCUT2D eigenvalue weighted by Crippen LogP contribution is 2.34. The van der Waals surface area contributed by atoms with E-state index in [2.05, 4.69) is 6.07 Å². The minimum Gasteiger partial charge on any atom is -0.493 e. The molecule has 0 radical (unpaired) electrons. The largest absolute Gasteiger partial charge is 0.493 e. The highest BCUT2D eigenvalue weighted by molar-refractivity contribution is 5.91. The van der Waals surface area contributed by atoms with Crippen LogP contribution in [0.5, 0.6) is 5.75 Å². The molecule has 90 valence electrons. The van der Waals surface area contributed by atoms with Gasteiger partial charge >= 0.3 is 0 Å². The fourth-order valence-corrected chi connectivity index (χ4v) is 2.32. The Morgan fingerprint density at radius 2 is 2.24 bits per heavy atom. The van der Waals surface area contributed by atoms with Crippen molar-refractivity contribution in [3.05, 3.63) is 29.3 Å². The SMILES string of the molecule is NC1(C(=O)CCc2ccc3c(c2)CCO3)CC1. The molecule has 1 saturated carbocycles. The molecule has 0 amide bonds. The minimum atomic E-state index is -0.472. The standard InChI is InChI=1S/C14H17NO2/c15-14(6-7-14)13(16)4-2-10-1-3-12-11(9-10)5-8-17-12/h1,3,9H,2,4-8,15H2. The van der Waals surface area contributed by atoms with Crippen molar-refractivity contribution < 1.29 is 9.53 Å². The molecule has 0 unspecified atom stereocenters. The second-order valence-electron chi connectivity index (χ2n) is 5.12. The molecule has 0 aromatic heterocycles. The minimum absolute atomic E-state index is 0.217. The van der Waals surface area contributed by atoms with Crippen LogP contribution >= 0.6 is 0 Å². The summed E-state index contributed by atoms with van der Waals surface area (Å²) in [6.07, 6.45) is 4.08. The topological polar surface area (TPSA) is 52.3 Å². The van der Waals surface area contributed by atoms with E-state index in [0.717, 1.165) is 38.0 Å². The second kappa shape index (κ2) is 3.84. The summed E-state index contributed by atoms with van der Waals surface area (Å²) in [6.45, 7) is 0.781. The van der Waals surface area contributed by atoms with Crippen LogP contribution in [0.15, 0.2) is 18.2 Å². The summed E-state index contributed by atoms with van der Waals surface area (Å²) in [7, 11) is 0. The molecule has 0 spiro atoms. The van der Waals surface area contributed by atoms with Gasteiger partial charge in [-0.2, -0.15) is 0 Å². The van der Waals surface area contributed by atoms with Crippen molar-refractivity contribution in [1.29, 1.82) is 0 Å². The Bertz CT molecular complexity index is 463. The van der Waals surface area contributed by atoms with Crippen LogP contribution in [-0.2, 0) is 17.6 Å². The number of carbonyl (C=O) groups excluding carboxylic acids is 1. The molecule has 1 heterocycles. The van der Waals surface area contributed by atoms with E-state index in [1.807, 2.05) is 12.1 Å². The lowest BCUT2D eigenvalue weighted by atomic mass is 10.0. The van der Waals surface area contributed by atoms with Gasteiger partial charge in [0.05, 0.1) is 12.1 Å². The predicted octanol–water partition coefficient (Wildman–Crippen LogP) is 1.61. The Morgan fingerprint density at radius 1 is 1.41 bits per heavy atom. The van der Waals surface area contributed by atoms with Crippen LogP contribution < -0.4 is 10.5 Å². The number of hydrogen-bond acceptors (Lipinski definition) is 3. The van der Waals surface area contributed by atoms with Gasteiger partial charge in [0.2, 0.25) is 0 Å². The fraction of sp³-hybridized carbons (Fsp3) is 0.500. The Labute approximate surface area is 101 Å². The second-order valence-corrected chi connectivity index (χ2v) is 5.12. The van der Waals surface area contributed by atoms with Crippen LogP contribution in [0.25, 0.3) is 0 Å². The van der Waals surface area contributed by atoms with Gasteiger partial charge in [-0.05, 0) is 36.5 Å². The third kappa shape index (κ3) is 2.07. The number of benzene rings is 1. The molecule has 17 heavy (non-hydrogen) atoms. The molecule has 0 atom stereocenters. The van der Waals surface area contributed by atoms with Crippen molar-refractivity contribution in [2.24, 2.45) is 5.73 Å². The van der Waals surface area contributed by atoms with Gasteiger partial charge in [-0.25, -0.2) is 0 Å². The van der Waals surface area contributed by atoms with Crippen LogP contribution in [-0.4, -0.2) is 17.9 Å². The van der Waals surface area contributed by atoms with Gasteiger partial charge in [-0.15, -0.1) is 0 Å². The molecular weight excluding hydrogens is 214 g/mol. The van der Waals surface area contributed by atoms with Crippen LogP contribution in [0, 0.1) is 0 Å². The summed E-state index contributed by atoms with van der Waals surface area (Å²) in [6, 6.07) is 6.22. The molecule has 0 bridgehead atoms. The van der Waals surface area contributed by atoms with E-state index in [1.165, 1.54) is 11.1 Å². The third-order valence-electron chi connectivity index (χ3n) is 3.74. The number of nitrogens with two attached hydrogens (primary N) is 1. The number of rotatable bonds is 4. The Balaban J connectivity index is 1.63. The first kappa shape index (κ1) is 10.8. The summed E-state index contributed by atoms with van der Waals surface area (Å²) >= 11 is 0. The number of Topliss-reactive ketones (excluding diaryl/α,β-unsaturated/α-hetero) is 1. The molecule has 0 saturated heterocycles. The zero-order valence-electron chi connectivity index (χ0n) is 9.87. The van der Waals surface area contributed by atoms with Gasteiger partial charge in [-0.1, -0.05) is 12.1 Å². The van der Waals surface area contributed by atoms with E-state index < -0.39 is 5.54 Å². The summed E-state index contributed by atoms with van der Waals surface area (Å²) in [4.78, 5) is 11.8. The number of ether oxygens (including phenoxy) is 1. The summed E-state index contributed by atoms with van der Waals surface area (Å²) in [5, 5.41) is 0. The normalized spacial score (nSPS) is 19.6. The van der Waals surface area contributed by atoms with Crippen LogP contribution in [0.4, 0.5) is 0 Å². The third-order valence-corrected chi connectivity index (χ3v) is 3.74. The molecule has 1 aromatic carbocycles. The van der Waals surface area contributed by atoms with E-state index in [1.54, 1.807) is 0 Å². The van der Waals surface area contributed by atoms with E-state index in [0.29, 0.717) is 6.42 Å². The first-order chi connectivity index (χ1) is 8.17. The van der Waals surface area contributed by atoms with Gasteiger partial charge in [0.25, 0.3) is 0 Å². The van der Waals surface area contributed by atoms with Crippen molar-refractivity contribution in [2.45, 2.75) is 37.6 Å². The molecule has 1 aliphatic carbocycles. The van der Waals surface area contributed by atoms with Crippen molar-refractivity contribution in [3.63, 3.8) is 0 Å². The lowest BCUT2D eigenvalue weighted by molar-refractivity contribution is -0.121. The number of hydrogen-bond donors (Lipinski definition) is 1. The molecule has 3 heteroatoms. The van der Waals surface area contributed by atoms with Crippen molar-refractivity contribution >= 4 is 5.78 Å². The average molecular weight is 231 g/mol. The molecule has 3 nitrogen and oxygen atoms in total. The summed E-state index contributed by atoms with van der Waals surface area (Å²) in [5.74, 6) is 1.21. The van der Waals surface area contributed by atoms with Crippen molar-refractivity contribution in [3.8, 4) is 5.75 Å². The molecule has 3 rings (SSSR count). The molecule has 2 aliphatic rings. The molecule has 2 N–H and O–H groups in total.